The molecule has 0 amide bonds. The van der Waals surface area contributed by atoms with Crippen molar-refractivity contribution >= 4 is 29.0 Å². The molecule has 1 aliphatic heterocycles. The van der Waals surface area contributed by atoms with Crippen LogP contribution in [0.2, 0.25) is 10.0 Å². The van der Waals surface area contributed by atoms with Gasteiger partial charge < -0.3 is 10.2 Å². The van der Waals surface area contributed by atoms with E-state index in [2.05, 4.69) is 10.2 Å². The summed E-state index contributed by atoms with van der Waals surface area (Å²) in [4.78, 5) is 7.02. The average molecular weight is 308 g/mol. The number of halogens is 2. The van der Waals surface area contributed by atoms with Gasteiger partial charge in [0.05, 0.1) is 15.7 Å². The van der Waals surface area contributed by atoms with E-state index in [-0.39, 0.29) is 0 Å². The van der Waals surface area contributed by atoms with Crippen LogP contribution in [0.5, 0.6) is 0 Å². The maximum absolute atomic E-state index is 6.07. The van der Waals surface area contributed by atoms with Crippen LogP contribution in [0.3, 0.4) is 0 Å². The van der Waals surface area contributed by atoms with Gasteiger partial charge in [0.25, 0.3) is 0 Å². The summed E-state index contributed by atoms with van der Waals surface area (Å²) in [5, 5.41) is 4.46. The Morgan fingerprint density at radius 3 is 2.55 bits per heavy atom. The Labute approximate surface area is 128 Å². The van der Waals surface area contributed by atoms with Gasteiger partial charge in [0, 0.05) is 31.7 Å². The Morgan fingerprint density at radius 1 is 1.00 bits per heavy atom. The minimum atomic E-state index is 0.554. The molecule has 2 heterocycles. The Balaban J connectivity index is 1.91. The summed E-state index contributed by atoms with van der Waals surface area (Å²) >= 11 is 12.0. The summed E-state index contributed by atoms with van der Waals surface area (Å²) in [6, 6.07) is 11.7. The van der Waals surface area contributed by atoms with E-state index in [0.29, 0.717) is 10.0 Å². The van der Waals surface area contributed by atoms with Crippen LogP contribution in [0.1, 0.15) is 0 Å². The zero-order valence-corrected chi connectivity index (χ0v) is 12.5. The van der Waals surface area contributed by atoms with E-state index in [0.717, 1.165) is 43.3 Å². The summed E-state index contributed by atoms with van der Waals surface area (Å²) in [6.07, 6.45) is 0. The molecule has 0 bridgehead atoms. The molecule has 104 valence electrons. The van der Waals surface area contributed by atoms with Crippen LogP contribution in [0.25, 0.3) is 11.3 Å². The smallest absolute Gasteiger partial charge is 0.129 e. The first-order chi connectivity index (χ1) is 9.74. The predicted octanol–water partition coefficient (Wildman–Crippen LogP) is 3.47. The van der Waals surface area contributed by atoms with Crippen molar-refractivity contribution in [3.63, 3.8) is 0 Å². The topological polar surface area (TPSA) is 28.2 Å². The standard InChI is InChI=1S/C15H15Cl2N3/c16-12-5-4-11(10-13(12)17)14-2-1-3-15(19-14)20-8-6-18-7-9-20/h1-5,10,18H,6-9H2. The van der Waals surface area contributed by atoms with Gasteiger partial charge in [-0.1, -0.05) is 35.3 Å². The third kappa shape index (κ3) is 2.90. The molecule has 0 saturated carbocycles. The molecule has 1 N–H and O–H groups in total. The van der Waals surface area contributed by atoms with E-state index in [4.69, 9.17) is 28.2 Å². The molecule has 2 aromatic rings. The largest absolute Gasteiger partial charge is 0.354 e. The maximum atomic E-state index is 6.07. The quantitative estimate of drug-likeness (QED) is 0.921. The number of rotatable bonds is 2. The first-order valence-electron chi connectivity index (χ1n) is 6.62. The van der Waals surface area contributed by atoms with Crippen LogP contribution in [-0.4, -0.2) is 31.2 Å². The van der Waals surface area contributed by atoms with Gasteiger partial charge >= 0.3 is 0 Å². The lowest BCUT2D eigenvalue weighted by molar-refractivity contribution is 0.585. The molecule has 5 heteroatoms. The molecule has 3 nitrogen and oxygen atoms in total. The molecule has 0 atom stereocenters. The van der Waals surface area contributed by atoms with Crippen molar-refractivity contribution in [1.29, 1.82) is 0 Å². The third-order valence-electron chi connectivity index (χ3n) is 3.39. The fourth-order valence-corrected chi connectivity index (χ4v) is 2.61. The number of hydrogen-bond acceptors (Lipinski definition) is 3. The van der Waals surface area contributed by atoms with E-state index in [1.54, 1.807) is 6.07 Å². The average Bonchev–Trinajstić information content (AvgIpc) is 2.51. The first-order valence-corrected chi connectivity index (χ1v) is 7.38. The van der Waals surface area contributed by atoms with Crippen molar-refractivity contribution in [2.45, 2.75) is 0 Å². The fraction of sp³-hybridized carbons (Fsp3) is 0.267. The second kappa shape index (κ2) is 6.00. The molecule has 1 aliphatic rings. The molecule has 0 radical (unpaired) electrons. The molecular weight excluding hydrogens is 293 g/mol. The Kier molecular flexibility index (Phi) is 4.10. The summed E-state index contributed by atoms with van der Waals surface area (Å²) in [6.45, 7) is 3.97. The number of aromatic nitrogens is 1. The van der Waals surface area contributed by atoms with E-state index >= 15 is 0 Å². The Morgan fingerprint density at radius 2 is 1.80 bits per heavy atom. The zero-order valence-electron chi connectivity index (χ0n) is 10.9. The summed E-state index contributed by atoms with van der Waals surface area (Å²) in [5.41, 5.74) is 1.90. The van der Waals surface area contributed by atoms with Crippen molar-refractivity contribution in [1.82, 2.24) is 10.3 Å². The van der Waals surface area contributed by atoms with Crippen molar-refractivity contribution in [3.05, 3.63) is 46.4 Å². The van der Waals surface area contributed by atoms with E-state index in [1.165, 1.54) is 0 Å². The minimum absolute atomic E-state index is 0.554. The number of nitrogens with zero attached hydrogens (tertiary/aromatic N) is 2. The monoisotopic (exact) mass is 307 g/mol. The molecular formula is C15H15Cl2N3. The van der Waals surface area contributed by atoms with Crippen LogP contribution in [-0.2, 0) is 0 Å². The molecule has 1 aromatic heterocycles. The van der Waals surface area contributed by atoms with E-state index < -0.39 is 0 Å². The van der Waals surface area contributed by atoms with Crippen LogP contribution in [0.15, 0.2) is 36.4 Å². The first kappa shape index (κ1) is 13.7. The van der Waals surface area contributed by atoms with Crippen LogP contribution >= 0.6 is 23.2 Å². The lowest BCUT2D eigenvalue weighted by Gasteiger charge is -2.28. The van der Waals surface area contributed by atoms with Crippen LogP contribution in [0.4, 0.5) is 5.82 Å². The van der Waals surface area contributed by atoms with Gasteiger partial charge in [0.2, 0.25) is 0 Å². The third-order valence-corrected chi connectivity index (χ3v) is 4.13. The van der Waals surface area contributed by atoms with E-state index in [1.807, 2.05) is 30.3 Å². The molecule has 3 rings (SSSR count). The Hall–Kier alpha value is -1.29. The molecule has 1 aromatic carbocycles. The van der Waals surface area contributed by atoms with Crippen molar-refractivity contribution in [2.75, 3.05) is 31.1 Å². The number of anilines is 1. The second-order valence-electron chi connectivity index (χ2n) is 4.75. The highest BCUT2D eigenvalue weighted by Crippen LogP contribution is 2.28. The normalized spacial score (nSPS) is 15.4. The zero-order chi connectivity index (χ0) is 13.9. The summed E-state index contributed by atoms with van der Waals surface area (Å²) < 4.78 is 0. The van der Waals surface area contributed by atoms with Gasteiger partial charge in [-0.25, -0.2) is 4.98 Å². The highest BCUT2D eigenvalue weighted by Gasteiger charge is 2.12. The molecule has 1 saturated heterocycles. The fourth-order valence-electron chi connectivity index (χ4n) is 2.31. The number of nitrogens with one attached hydrogen (secondary N) is 1. The maximum Gasteiger partial charge on any atom is 0.129 e. The van der Waals surface area contributed by atoms with Gasteiger partial charge in [0.1, 0.15) is 5.82 Å². The molecule has 20 heavy (non-hydrogen) atoms. The van der Waals surface area contributed by atoms with Crippen LogP contribution in [0, 0.1) is 0 Å². The molecule has 0 unspecified atom stereocenters. The number of piperazine rings is 1. The lowest BCUT2D eigenvalue weighted by Crippen LogP contribution is -2.43. The SMILES string of the molecule is Clc1ccc(-c2cccc(N3CCNCC3)n2)cc1Cl. The second-order valence-corrected chi connectivity index (χ2v) is 5.56. The highest BCUT2D eigenvalue weighted by molar-refractivity contribution is 6.42. The molecule has 0 spiro atoms. The minimum Gasteiger partial charge on any atom is -0.354 e. The van der Waals surface area contributed by atoms with Gasteiger partial charge in [-0.3, -0.25) is 0 Å². The van der Waals surface area contributed by atoms with Crippen molar-refractivity contribution in [3.8, 4) is 11.3 Å². The Bertz CT molecular complexity index is 610. The van der Waals surface area contributed by atoms with Gasteiger partial charge in [0.15, 0.2) is 0 Å². The van der Waals surface area contributed by atoms with Crippen LogP contribution < -0.4 is 10.2 Å². The molecule has 0 aliphatic carbocycles. The van der Waals surface area contributed by atoms with Gasteiger partial charge in [-0.05, 0) is 24.3 Å². The number of pyridine rings is 1. The van der Waals surface area contributed by atoms with Crippen molar-refractivity contribution in [2.24, 2.45) is 0 Å². The lowest BCUT2D eigenvalue weighted by atomic mass is 10.1. The van der Waals surface area contributed by atoms with Crippen molar-refractivity contribution < 1.29 is 0 Å². The highest BCUT2D eigenvalue weighted by atomic mass is 35.5. The number of benzene rings is 1. The molecule has 1 fully saturated rings. The predicted molar refractivity (Wildman–Crippen MR) is 84.8 cm³/mol. The van der Waals surface area contributed by atoms with Gasteiger partial charge in [-0.15, -0.1) is 0 Å². The number of hydrogen-bond donors (Lipinski definition) is 1. The van der Waals surface area contributed by atoms with E-state index in [9.17, 15) is 0 Å². The summed E-state index contributed by atoms with van der Waals surface area (Å²) in [7, 11) is 0. The summed E-state index contributed by atoms with van der Waals surface area (Å²) in [5.74, 6) is 1.01. The van der Waals surface area contributed by atoms with Gasteiger partial charge in [-0.2, -0.15) is 0 Å².